The highest BCUT2D eigenvalue weighted by molar-refractivity contribution is 6.04. The highest BCUT2D eigenvalue weighted by Crippen LogP contribution is 2.42. The minimum Gasteiger partial charge on any atom is -0.347 e. The lowest BCUT2D eigenvalue weighted by molar-refractivity contribution is -0.122. The third kappa shape index (κ3) is 4.26. The normalized spacial score (nSPS) is 28.3. The van der Waals surface area contributed by atoms with Crippen LogP contribution in [0.15, 0.2) is 24.3 Å². The van der Waals surface area contributed by atoms with Gasteiger partial charge in [0.25, 0.3) is 5.91 Å². The molecule has 26 heavy (non-hydrogen) atoms. The van der Waals surface area contributed by atoms with E-state index < -0.39 is 0 Å². The lowest BCUT2D eigenvalue weighted by Gasteiger charge is -2.43. The van der Waals surface area contributed by atoms with Crippen molar-refractivity contribution in [3.05, 3.63) is 29.8 Å². The van der Waals surface area contributed by atoms with Crippen LogP contribution in [0.2, 0.25) is 0 Å². The highest BCUT2D eigenvalue weighted by atomic mass is 16.2. The maximum absolute atomic E-state index is 12.9. The number of anilines is 1. The molecule has 1 aromatic rings. The van der Waals surface area contributed by atoms with Crippen molar-refractivity contribution < 1.29 is 9.59 Å². The first-order valence-electron chi connectivity index (χ1n) is 9.72. The first-order chi connectivity index (χ1) is 12.2. The van der Waals surface area contributed by atoms with Crippen LogP contribution in [-0.4, -0.2) is 23.4 Å². The summed E-state index contributed by atoms with van der Waals surface area (Å²) in [6, 6.07) is 7.46. The van der Waals surface area contributed by atoms with E-state index in [9.17, 15) is 9.59 Å². The molecule has 5 heteroatoms. The number of carbonyl (C=O) groups is 2. The Hall–Kier alpha value is -1.88. The van der Waals surface area contributed by atoms with Crippen LogP contribution < -0.4 is 16.4 Å². The number of fused-ring (bicyclic) bond motifs is 2. The molecule has 0 aromatic heterocycles. The standard InChI is InChI=1S/C21H31N3O2/c1-21(2,3)24-20(26)16-9-4-5-10-17(16)23-19(25)15-11-13-7-6-8-14(12-15)18(13)22/h4-5,9-10,13-15,18H,6-8,11-12,22H2,1-3H3,(H,23,25)(H,24,26). The summed E-state index contributed by atoms with van der Waals surface area (Å²) < 4.78 is 0. The van der Waals surface area contributed by atoms with Crippen molar-refractivity contribution in [1.82, 2.24) is 5.32 Å². The second-order valence-corrected chi connectivity index (χ2v) is 8.94. The van der Waals surface area contributed by atoms with Gasteiger partial charge in [-0.2, -0.15) is 0 Å². The van der Waals surface area contributed by atoms with E-state index in [1.54, 1.807) is 12.1 Å². The Morgan fingerprint density at radius 1 is 1.08 bits per heavy atom. The monoisotopic (exact) mass is 357 g/mol. The van der Waals surface area contributed by atoms with Gasteiger partial charge >= 0.3 is 0 Å². The van der Waals surface area contributed by atoms with E-state index in [1.165, 1.54) is 6.42 Å². The van der Waals surface area contributed by atoms with E-state index in [1.807, 2.05) is 32.9 Å². The fourth-order valence-electron chi connectivity index (χ4n) is 4.44. The van der Waals surface area contributed by atoms with Crippen LogP contribution in [-0.2, 0) is 4.79 Å². The Morgan fingerprint density at radius 2 is 1.69 bits per heavy atom. The number of amides is 2. The molecular formula is C21H31N3O2. The molecule has 2 amide bonds. The van der Waals surface area contributed by atoms with Crippen molar-refractivity contribution in [1.29, 1.82) is 0 Å². The van der Waals surface area contributed by atoms with Gasteiger partial charge in [0.2, 0.25) is 5.91 Å². The van der Waals surface area contributed by atoms with Gasteiger partial charge < -0.3 is 16.4 Å². The molecule has 5 nitrogen and oxygen atoms in total. The molecule has 2 aliphatic rings. The molecule has 2 aliphatic carbocycles. The van der Waals surface area contributed by atoms with Gasteiger partial charge in [-0.1, -0.05) is 18.6 Å². The quantitative estimate of drug-likeness (QED) is 0.776. The molecule has 2 bridgehead atoms. The molecule has 3 rings (SSSR count). The van der Waals surface area contributed by atoms with E-state index in [-0.39, 0.29) is 29.3 Å². The predicted molar refractivity (Wildman–Crippen MR) is 104 cm³/mol. The van der Waals surface area contributed by atoms with Crippen LogP contribution in [0.5, 0.6) is 0 Å². The van der Waals surface area contributed by atoms with Gasteiger partial charge in [0.1, 0.15) is 0 Å². The highest BCUT2D eigenvalue weighted by Gasteiger charge is 2.40. The Bertz CT molecular complexity index is 666. The molecule has 0 heterocycles. The van der Waals surface area contributed by atoms with Gasteiger partial charge in [0.15, 0.2) is 0 Å². The maximum Gasteiger partial charge on any atom is 0.253 e. The molecule has 2 atom stereocenters. The molecular weight excluding hydrogens is 326 g/mol. The van der Waals surface area contributed by atoms with Crippen molar-refractivity contribution in [2.75, 3.05) is 5.32 Å². The Morgan fingerprint density at radius 3 is 2.31 bits per heavy atom. The van der Waals surface area contributed by atoms with Crippen molar-refractivity contribution in [2.45, 2.75) is 64.5 Å². The average molecular weight is 357 g/mol. The van der Waals surface area contributed by atoms with Crippen LogP contribution in [0, 0.1) is 17.8 Å². The van der Waals surface area contributed by atoms with Crippen molar-refractivity contribution in [3.63, 3.8) is 0 Å². The molecule has 0 spiro atoms. The number of para-hydroxylation sites is 1. The zero-order valence-electron chi connectivity index (χ0n) is 16.0. The summed E-state index contributed by atoms with van der Waals surface area (Å²) >= 11 is 0. The third-order valence-electron chi connectivity index (χ3n) is 5.70. The zero-order chi connectivity index (χ0) is 18.9. The third-order valence-corrected chi connectivity index (χ3v) is 5.70. The van der Waals surface area contributed by atoms with E-state index >= 15 is 0 Å². The molecule has 0 radical (unpaired) electrons. The van der Waals surface area contributed by atoms with Crippen molar-refractivity contribution >= 4 is 17.5 Å². The second kappa shape index (κ2) is 7.39. The lowest BCUT2D eigenvalue weighted by atomic mass is 9.65. The number of hydrogen-bond acceptors (Lipinski definition) is 3. The van der Waals surface area contributed by atoms with Crippen LogP contribution in [0.25, 0.3) is 0 Å². The number of benzene rings is 1. The van der Waals surface area contributed by atoms with Gasteiger partial charge in [-0.05, 0) is 70.4 Å². The predicted octanol–water partition coefficient (Wildman–Crippen LogP) is 3.31. The van der Waals surface area contributed by atoms with E-state index in [2.05, 4.69) is 10.6 Å². The summed E-state index contributed by atoms with van der Waals surface area (Å²) in [7, 11) is 0. The fraction of sp³-hybridized carbons (Fsp3) is 0.619. The first kappa shape index (κ1) is 18.9. The SMILES string of the molecule is CC(C)(C)NC(=O)c1ccccc1NC(=O)C1CC2CCCC(C1)C2N. The van der Waals surface area contributed by atoms with E-state index in [0.717, 1.165) is 25.7 Å². The smallest absolute Gasteiger partial charge is 0.253 e. The molecule has 0 saturated heterocycles. The minimum absolute atomic E-state index is 0.0103. The molecule has 1 aromatic carbocycles. The maximum atomic E-state index is 12.9. The van der Waals surface area contributed by atoms with Crippen LogP contribution in [0.4, 0.5) is 5.69 Å². The molecule has 142 valence electrons. The number of hydrogen-bond donors (Lipinski definition) is 3. The molecule has 2 saturated carbocycles. The Balaban J connectivity index is 1.71. The summed E-state index contributed by atoms with van der Waals surface area (Å²) in [5.41, 5.74) is 7.09. The average Bonchev–Trinajstić information content (AvgIpc) is 2.53. The molecule has 0 aliphatic heterocycles. The van der Waals surface area contributed by atoms with Gasteiger partial charge in [0, 0.05) is 17.5 Å². The number of nitrogens with two attached hydrogens (primary N) is 1. The fourth-order valence-corrected chi connectivity index (χ4v) is 4.44. The van der Waals surface area contributed by atoms with Crippen LogP contribution >= 0.6 is 0 Å². The summed E-state index contributed by atoms with van der Waals surface area (Å²) in [4.78, 5) is 25.4. The van der Waals surface area contributed by atoms with Crippen molar-refractivity contribution in [3.8, 4) is 0 Å². The Labute approximate surface area is 156 Å². The van der Waals surface area contributed by atoms with Gasteiger partial charge in [-0.3, -0.25) is 9.59 Å². The van der Waals surface area contributed by atoms with Crippen LogP contribution in [0.3, 0.4) is 0 Å². The largest absolute Gasteiger partial charge is 0.347 e. The van der Waals surface area contributed by atoms with Gasteiger partial charge in [-0.25, -0.2) is 0 Å². The van der Waals surface area contributed by atoms with Gasteiger partial charge in [-0.15, -0.1) is 0 Å². The summed E-state index contributed by atoms with van der Waals surface area (Å²) in [5.74, 6) is 0.750. The number of rotatable bonds is 3. The first-order valence-corrected chi connectivity index (χ1v) is 9.72. The topological polar surface area (TPSA) is 84.2 Å². The number of nitrogens with one attached hydrogen (secondary N) is 2. The second-order valence-electron chi connectivity index (χ2n) is 8.94. The molecule has 2 unspecified atom stereocenters. The minimum atomic E-state index is -0.328. The van der Waals surface area contributed by atoms with E-state index in [4.69, 9.17) is 5.73 Å². The lowest BCUT2D eigenvalue weighted by Crippen LogP contribution is -2.48. The number of carbonyl (C=O) groups excluding carboxylic acids is 2. The summed E-state index contributed by atoms with van der Waals surface area (Å²) in [5, 5.41) is 5.97. The molecule has 2 fully saturated rings. The van der Waals surface area contributed by atoms with E-state index in [0.29, 0.717) is 23.1 Å². The zero-order valence-corrected chi connectivity index (χ0v) is 16.0. The van der Waals surface area contributed by atoms with Gasteiger partial charge in [0.05, 0.1) is 11.3 Å². The summed E-state index contributed by atoms with van der Waals surface area (Å²) in [6.45, 7) is 5.82. The Kier molecular flexibility index (Phi) is 5.37. The van der Waals surface area contributed by atoms with Crippen LogP contribution in [0.1, 0.15) is 63.2 Å². The molecule has 4 N–H and O–H groups in total. The van der Waals surface area contributed by atoms with Crippen molar-refractivity contribution in [2.24, 2.45) is 23.5 Å². The summed E-state index contributed by atoms with van der Waals surface area (Å²) in [6.07, 6.45) is 5.21.